The molecule has 0 aliphatic rings. The highest BCUT2D eigenvalue weighted by molar-refractivity contribution is 5.70. The summed E-state index contributed by atoms with van der Waals surface area (Å²) in [5.41, 5.74) is 0. The van der Waals surface area contributed by atoms with Crippen LogP contribution in [0.25, 0.3) is 0 Å². The van der Waals surface area contributed by atoms with E-state index >= 15 is 0 Å². The largest absolute Gasteiger partial charge is 0.544 e. The minimum Gasteiger partial charge on any atom is -0.544 e. The van der Waals surface area contributed by atoms with Gasteiger partial charge in [-0.25, -0.2) is 0 Å². The average Bonchev–Trinajstić information content (AvgIpc) is 3.05. The molecule has 0 heterocycles. The maximum Gasteiger partial charge on any atom is 0.306 e. The molecule has 0 spiro atoms. The Bertz CT molecular complexity index is 864. The van der Waals surface area contributed by atoms with Gasteiger partial charge in [-0.3, -0.25) is 9.59 Å². The second kappa shape index (κ2) is 33.0. The first-order valence-electron chi connectivity index (χ1n) is 19.9. The molecule has 2 atom stereocenters. The lowest BCUT2D eigenvalue weighted by Gasteiger charge is -2.34. The lowest BCUT2D eigenvalue weighted by molar-refractivity contribution is -0.889. The summed E-state index contributed by atoms with van der Waals surface area (Å²) in [6, 6.07) is -0.723. The fourth-order valence-corrected chi connectivity index (χ4v) is 5.75. The SMILES string of the molecule is CC/C=C/C/C=C/CCCCCCCCCC(=O)OC(COCCC(C(=O)[O-])[N+](C)(C)C)COC(=O)CCCCCCCCCCCCC. The van der Waals surface area contributed by atoms with Gasteiger partial charge in [0.05, 0.1) is 40.3 Å². The Morgan fingerprint density at radius 2 is 1.14 bits per heavy atom. The van der Waals surface area contributed by atoms with Crippen LogP contribution in [0.5, 0.6) is 0 Å². The van der Waals surface area contributed by atoms with Gasteiger partial charge in [-0.1, -0.05) is 134 Å². The Morgan fingerprint density at radius 3 is 1.67 bits per heavy atom. The molecule has 0 aromatic rings. The van der Waals surface area contributed by atoms with Crippen LogP contribution in [-0.2, 0) is 28.6 Å². The molecule has 0 fully saturated rings. The molecule has 286 valence electrons. The Kier molecular flexibility index (Phi) is 31.5. The van der Waals surface area contributed by atoms with Crippen LogP contribution >= 0.6 is 0 Å². The van der Waals surface area contributed by atoms with Crippen molar-refractivity contribution in [2.45, 2.75) is 180 Å². The third-order valence-corrected chi connectivity index (χ3v) is 8.85. The summed E-state index contributed by atoms with van der Waals surface area (Å²) in [4.78, 5) is 36.7. The smallest absolute Gasteiger partial charge is 0.306 e. The van der Waals surface area contributed by atoms with Crippen molar-refractivity contribution in [2.24, 2.45) is 0 Å². The van der Waals surface area contributed by atoms with E-state index in [2.05, 4.69) is 38.2 Å². The van der Waals surface area contributed by atoms with Crippen LogP contribution in [0.4, 0.5) is 0 Å². The van der Waals surface area contributed by atoms with E-state index < -0.39 is 18.1 Å². The zero-order valence-corrected chi connectivity index (χ0v) is 32.4. The predicted molar refractivity (Wildman–Crippen MR) is 199 cm³/mol. The summed E-state index contributed by atoms with van der Waals surface area (Å²) in [6.45, 7) is 4.54. The van der Waals surface area contributed by atoms with Crippen molar-refractivity contribution in [3.05, 3.63) is 24.3 Å². The third kappa shape index (κ3) is 31.5. The van der Waals surface area contributed by atoms with E-state index in [0.29, 0.717) is 12.8 Å². The maximum atomic E-state index is 12.6. The first kappa shape index (κ1) is 46.8. The number of hydrogen-bond donors (Lipinski definition) is 0. The van der Waals surface area contributed by atoms with E-state index in [9.17, 15) is 19.5 Å². The summed E-state index contributed by atoms with van der Waals surface area (Å²) in [6.07, 6.45) is 33.4. The van der Waals surface area contributed by atoms with Crippen molar-refractivity contribution >= 4 is 17.9 Å². The number of hydrogen-bond acceptors (Lipinski definition) is 7. The van der Waals surface area contributed by atoms with Gasteiger partial charge in [0.15, 0.2) is 6.10 Å². The van der Waals surface area contributed by atoms with Crippen molar-refractivity contribution in [2.75, 3.05) is 41.0 Å². The minimum absolute atomic E-state index is 0.0407. The minimum atomic E-state index is -1.13. The number of carbonyl (C=O) groups is 3. The number of allylic oxidation sites excluding steroid dienone is 4. The number of likely N-dealkylation sites (N-methyl/N-ethyl adjacent to an activating group) is 1. The third-order valence-electron chi connectivity index (χ3n) is 8.85. The number of quaternary nitrogens is 1. The molecule has 0 saturated heterocycles. The average molecular weight is 694 g/mol. The summed E-state index contributed by atoms with van der Waals surface area (Å²) in [5.74, 6) is -1.74. The number of ether oxygens (including phenoxy) is 3. The van der Waals surface area contributed by atoms with Crippen LogP contribution in [0.3, 0.4) is 0 Å². The van der Waals surface area contributed by atoms with Crippen LogP contribution in [0.1, 0.15) is 168 Å². The van der Waals surface area contributed by atoms with E-state index in [-0.39, 0.29) is 42.7 Å². The second-order valence-corrected chi connectivity index (χ2v) is 14.5. The number of carbonyl (C=O) groups excluding carboxylic acids is 3. The van der Waals surface area contributed by atoms with Gasteiger partial charge in [0, 0.05) is 19.3 Å². The highest BCUT2D eigenvalue weighted by Crippen LogP contribution is 2.14. The summed E-state index contributed by atoms with van der Waals surface area (Å²) in [5, 5.41) is 11.6. The van der Waals surface area contributed by atoms with E-state index in [0.717, 1.165) is 57.8 Å². The zero-order chi connectivity index (χ0) is 36.4. The van der Waals surface area contributed by atoms with Gasteiger partial charge < -0.3 is 28.6 Å². The molecule has 0 saturated carbocycles. The van der Waals surface area contributed by atoms with Crippen LogP contribution < -0.4 is 5.11 Å². The number of aliphatic carboxylic acids is 1. The topological polar surface area (TPSA) is 102 Å². The number of esters is 2. The van der Waals surface area contributed by atoms with Gasteiger partial charge >= 0.3 is 11.9 Å². The Morgan fingerprint density at radius 1 is 0.633 bits per heavy atom. The molecule has 49 heavy (non-hydrogen) atoms. The van der Waals surface area contributed by atoms with E-state index in [1.165, 1.54) is 77.0 Å². The molecule has 0 aromatic heterocycles. The standard InChI is InChI=1S/C41H75NO7/c1-6-8-10-12-14-16-18-19-20-22-24-26-28-30-32-40(44)49-37(35-47-34-33-38(41(45)46)42(3,4)5)36-48-39(43)31-29-27-25-23-21-17-15-13-11-9-7-2/h8,10,14,16,37-38H,6-7,9,11-13,15,17-36H2,1-5H3/b10-8+,16-14+. The number of unbranched alkanes of at least 4 members (excludes halogenated alkanes) is 17. The van der Waals surface area contributed by atoms with Crippen molar-refractivity contribution in [3.63, 3.8) is 0 Å². The van der Waals surface area contributed by atoms with Crippen LogP contribution in [0.15, 0.2) is 24.3 Å². The molecule has 8 nitrogen and oxygen atoms in total. The monoisotopic (exact) mass is 694 g/mol. The molecular weight excluding hydrogens is 618 g/mol. The van der Waals surface area contributed by atoms with Crippen LogP contribution in [0, 0.1) is 0 Å². The number of nitrogens with zero attached hydrogens (tertiary/aromatic N) is 1. The first-order chi connectivity index (χ1) is 23.6. The van der Waals surface area contributed by atoms with Gasteiger partial charge in [-0.2, -0.15) is 0 Å². The fourth-order valence-electron chi connectivity index (χ4n) is 5.75. The van der Waals surface area contributed by atoms with Gasteiger partial charge in [0.2, 0.25) is 0 Å². The fraction of sp³-hybridized carbons (Fsp3) is 0.829. The summed E-state index contributed by atoms with van der Waals surface area (Å²) >= 11 is 0. The molecule has 0 bridgehead atoms. The number of carboxylic acids is 1. The molecule has 8 heteroatoms. The second-order valence-electron chi connectivity index (χ2n) is 14.5. The van der Waals surface area contributed by atoms with Gasteiger partial charge in [-0.05, 0) is 38.5 Å². The van der Waals surface area contributed by atoms with Crippen LogP contribution in [-0.4, -0.2) is 75.5 Å². The lowest BCUT2D eigenvalue weighted by Crippen LogP contribution is -2.55. The Labute approximate surface area is 301 Å². The molecule has 0 aliphatic heterocycles. The maximum absolute atomic E-state index is 12.6. The highest BCUT2D eigenvalue weighted by atomic mass is 16.6. The van der Waals surface area contributed by atoms with Crippen molar-refractivity contribution < 1.29 is 38.2 Å². The van der Waals surface area contributed by atoms with Crippen LogP contribution in [0.2, 0.25) is 0 Å². The number of carboxylic acid groups (broad SMARTS) is 1. The van der Waals surface area contributed by atoms with E-state index in [1.54, 1.807) is 21.1 Å². The summed E-state index contributed by atoms with van der Waals surface area (Å²) < 4.78 is 17.1. The highest BCUT2D eigenvalue weighted by Gasteiger charge is 2.25. The molecule has 2 unspecified atom stereocenters. The van der Waals surface area contributed by atoms with Gasteiger partial charge in [-0.15, -0.1) is 0 Å². The molecular formula is C41H75NO7. The quantitative estimate of drug-likeness (QED) is 0.0283. The van der Waals surface area contributed by atoms with Crippen molar-refractivity contribution in [1.82, 2.24) is 0 Å². The van der Waals surface area contributed by atoms with Gasteiger partial charge in [0.25, 0.3) is 0 Å². The zero-order valence-electron chi connectivity index (χ0n) is 32.4. The normalized spacial score (nSPS) is 13.2. The van der Waals surface area contributed by atoms with E-state index in [1.807, 2.05) is 0 Å². The van der Waals surface area contributed by atoms with Crippen molar-refractivity contribution in [3.8, 4) is 0 Å². The molecule has 0 N–H and O–H groups in total. The van der Waals surface area contributed by atoms with E-state index in [4.69, 9.17) is 14.2 Å². The Balaban J connectivity index is 4.40. The lowest BCUT2D eigenvalue weighted by atomic mass is 10.1. The predicted octanol–water partition coefficient (Wildman–Crippen LogP) is 8.80. The van der Waals surface area contributed by atoms with Gasteiger partial charge in [0.1, 0.15) is 12.6 Å². The first-order valence-corrected chi connectivity index (χ1v) is 19.9. The molecule has 0 radical (unpaired) electrons. The molecule has 0 rings (SSSR count). The van der Waals surface area contributed by atoms with Crippen molar-refractivity contribution in [1.29, 1.82) is 0 Å². The Hall–Kier alpha value is -2.19. The molecule has 0 aliphatic carbocycles. The molecule has 0 amide bonds. The molecule has 0 aromatic carbocycles. The number of rotatable bonds is 35. The summed E-state index contributed by atoms with van der Waals surface area (Å²) in [7, 11) is 5.40.